The first-order chi connectivity index (χ1) is 12.7. The molecular formula is C18H14ClN5OS. The Morgan fingerprint density at radius 3 is 2.58 bits per heavy atom. The number of rotatable bonds is 6. The zero-order valence-electron chi connectivity index (χ0n) is 13.6. The molecule has 1 aromatic heterocycles. The molecule has 0 aliphatic carbocycles. The molecule has 26 heavy (non-hydrogen) atoms. The molecule has 3 aromatic rings. The first-order valence-corrected chi connectivity index (χ1v) is 9.08. The maximum atomic E-state index is 11.8. The third kappa shape index (κ3) is 4.23. The minimum Gasteiger partial charge on any atom is -0.342 e. The van der Waals surface area contributed by atoms with Crippen molar-refractivity contribution in [3.05, 3.63) is 59.6 Å². The Hall–Kier alpha value is -2.82. The van der Waals surface area contributed by atoms with E-state index in [2.05, 4.69) is 15.5 Å². The zero-order valence-corrected chi connectivity index (χ0v) is 15.2. The van der Waals surface area contributed by atoms with E-state index in [0.29, 0.717) is 16.0 Å². The van der Waals surface area contributed by atoms with Gasteiger partial charge in [-0.25, -0.2) is 0 Å². The lowest BCUT2D eigenvalue weighted by Gasteiger charge is -2.10. The van der Waals surface area contributed by atoms with Gasteiger partial charge in [0.2, 0.25) is 5.91 Å². The van der Waals surface area contributed by atoms with Gasteiger partial charge in [0.05, 0.1) is 11.8 Å². The van der Waals surface area contributed by atoms with Gasteiger partial charge in [-0.3, -0.25) is 9.36 Å². The number of nitrogens with one attached hydrogen (secondary N) is 1. The topological polar surface area (TPSA) is 83.6 Å². The lowest BCUT2D eigenvalue weighted by atomic mass is 10.2. The van der Waals surface area contributed by atoms with Crippen molar-refractivity contribution in [3.63, 3.8) is 0 Å². The number of aromatic nitrogens is 3. The molecule has 1 N–H and O–H groups in total. The highest BCUT2D eigenvalue weighted by Gasteiger charge is 2.17. The van der Waals surface area contributed by atoms with E-state index in [4.69, 9.17) is 16.9 Å². The number of hydrogen-bond donors (Lipinski definition) is 1. The summed E-state index contributed by atoms with van der Waals surface area (Å²) >= 11 is 7.23. The fourth-order valence-electron chi connectivity index (χ4n) is 2.28. The van der Waals surface area contributed by atoms with Crippen molar-refractivity contribution in [2.75, 3.05) is 12.3 Å². The zero-order chi connectivity index (χ0) is 18.4. The normalized spacial score (nSPS) is 10.3. The SMILES string of the molecule is N#CCNC(=O)CSc1nnc(-c2ccc(Cl)cc2)n1-c1ccccc1. The summed E-state index contributed by atoms with van der Waals surface area (Å²) in [4.78, 5) is 11.8. The standard InChI is InChI=1S/C18H14ClN5OS/c19-14-8-6-13(7-9-14)17-22-23-18(26-12-16(25)21-11-10-20)24(17)15-4-2-1-3-5-15/h1-9H,11-12H2,(H,21,25). The van der Waals surface area contributed by atoms with Crippen molar-refractivity contribution >= 4 is 29.3 Å². The average molecular weight is 384 g/mol. The summed E-state index contributed by atoms with van der Waals surface area (Å²) in [5.41, 5.74) is 1.76. The van der Waals surface area contributed by atoms with E-state index in [1.165, 1.54) is 11.8 Å². The number of carbonyl (C=O) groups excluding carboxylic acids is 1. The Labute approximate surface area is 159 Å². The predicted molar refractivity (Wildman–Crippen MR) is 101 cm³/mol. The summed E-state index contributed by atoms with van der Waals surface area (Å²) in [5, 5.41) is 20.8. The average Bonchev–Trinajstić information content (AvgIpc) is 3.10. The Kier molecular flexibility index (Phi) is 5.89. The molecule has 3 rings (SSSR count). The molecule has 1 heterocycles. The molecule has 6 nitrogen and oxygen atoms in total. The van der Waals surface area contributed by atoms with Crippen LogP contribution in [-0.4, -0.2) is 33.0 Å². The summed E-state index contributed by atoms with van der Waals surface area (Å²) in [6, 6.07) is 18.9. The van der Waals surface area contributed by atoms with E-state index >= 15 is 0 Å². The van der Waals surface area contributed by atoms with Gasteiger partial charge < -0.3 is 5.32 Å². The van der Waals surface area contributed by atoms with Gasteiger partial charge >= 0.3 is 0 Å². The molecule has 130 valence electrons. The summed E-state index contributed by atoms with van der Waals surface area (Å²) < 4.78 is 1.89. The molecule has 0 aliphatic heterocycles. The van der Waals surface area contributed by atoms with E-state index in [-0.39, 0.29) is 18.2 Å². The number of halogens is 1. The van der Waals surface area contributed by atoms with Crippen molar-refractivity contribution in [2.24, 2.45) is 0 Å². The number of hydrogen-bond acceptors (Lipinski definition) is 5. The number of nitriles is 1. The van der Waals surface area contributed by atoms with Crippen molar-refractivity contribution in [3.8, 4) is 23.1 Å². The van der Waals surface area contributed by atoms with E-state index in [1.807, 2.05) is 53.1 Å². The molecule has 0 saturated carbocycles. The van der Waals surface area contributed by atoms with Crippen molar-refractivity contribution in [1.29, 1.82) is 5.26 Å². The van der Waals surface area contributed by atoms with Crippen LogP contribution in [0.5, 0.6) is 0 Å². The summed E-state index contributed by atoms with van der Waals surface area (Å²) in [5.74, 6) is 0.577. The third-order valence-electron chi connectivity index (χ3n) is 3.45. The van der Waals surface area contributed by atoms with Gasteiger partial charge in [0.1, 0.15) is 6.54 Å². The highest BCUT2D eigenvalue weighted by molar-refractivity contribution is 7.99. The molecule has 0 radical (unpaired) electrons. The van der Waals surface area contributed by atoms with E-state index in [1.54, 1.807) is 12.1 Å². The number of amides is 1. The maximum absolute atomic E-state index is 11.8. The monoisotopic (exact) mass is 383 g/mol. The second kappa shape index (κ2) is 8.52. The minimum atomic E-state index is -0.229. The largest absolute Gasteiger partial charge is 0.342 e. The molecule has 0 spiro atoms. The molecule has 0 atom stereocenters. The molecule has 1 amide bonds. The molecule has 2 aromatic carbocycles. The fourth-order valence-corrected chi connectivity index (χ4v) is 3.19. The van der Waals surface area contributed by atoms with Crippen LogP contribution >= 0.6 is 23.4 Å². The minimum absolute atomic E-state index is 0.0131. The second-order valence-corrected chi connectivity index (χ2v) is 6.59. The fraction of sp³-hybridized carbons (Fsp3) is 0.111. The van der Waals surface area contributed by atoms with Gasteiger partial charge in [-0.15, -0.1) is 10.2 Å². The quantitative estimate of drug-likeness (QED) is 0.521. The Morgan fingerprint density at radius 1 is 1.15 bits per heavy atom. The molecule has 0 aliphatic rings. The number of para-hydroxylation sites is 1. The molecule has 0 saturated heterocycles. The van der Waals surface area contributed by atoms with Crippen LogP contribution in [0.4, 0.5) is 0 Å². The van der Waals surface area contributed by atoms with E-state index < -0.39 is 0 Å². The molecule has 8 heteroatoms. The predicted octanol–water partition coefficient (Wildman–Crippen LogP) is 3.32. The number of benzene rings is 2. The lowest BCUT2D eigenvalue weighted by Crippen LogP contribution is -2.25. The van der Waals surface area contributed by atoms with Crippen molar-refractivity contribution in [2.45, 2.75) is 5.16 Å². The molecular weight excluding hydrogens is 370 g/mol. The first-order valence-electron chi connectivity index (χ1n) is 7.72. The number of carbonyl (C=O) groups is 1. The van der Waals surface area contributed by atoms with Crippen LogP contribution in [-0.2, 0) is 4.79 Å². The lowest BCUT2D eigenvalue weighted by molar-refractivity contribution is -0.118. The number of nitrogens with zero attached hydrogens (tertiary/aromatic N) is 4. The van der Waals surface area contributed by atoms with Crippen LogP contribution in [0.1, 0.15) is 0 Å². The summed E-state index contributed by atoms with van der Waals surface area (Å²) in [7, 11) is 0. The Balaban J connectivity index is 1.94. The Morgan fingerprint density at radius 2 is 1.88 bits per heavy atom. The van der Waals surface area contributed by atoms with Crippen molar-refractivity contribution in [1.82, 2.24) is 20.1 Å². The summed E-state index contributed by atoms with van der Waals surface area (Å²) in [6.07, 6.45) is 0. The highest BCUT2D eigenvalue weighted by Crippen LogP contribution is 2.28. The van der Waals surface area contributed by atoms with E-state index in [0.717, 1.165) is 11.3 Å². The molecule has 0 fully saturated rings. The van der Waals surface area contributed by atoms with Crippen LogP contribution in [0, 0.1) is 11.3 Å². The van der Waals surface area contributed by atoms with Gasteiger partial charge in [0.25, 0.3) is 0 Å². The van der Waals surface area contributed by atoms with Crippen LogP contribution in [0.3, 0.4) is 0 Å². The van der Waals surface area contributed by atoms with Crippen LogP contribution < -0.4 is 5.32 Å². The van der Waals surface area contributed by atoms with Gasteiger partial charge in [-0.2, -0.15) is 5.26 Å². The van der Waals surface area contributed by atoms with Gasteiger partial charge in [0.15, 0.2) is 11.0 Å². The van der Waals surface area contributed by atoms with E-state index in [9.17, 15) is 4.79 Å². The van der Waals surface area contributed by atoms with Gasteiger partial charge in [-0.05, 0) is 36.4 Å². The van der Waals surface area contributed by atoms with Crippen LogP contribution in [0.25, 0.3) is 17.1 Å². The number of thioether (sulfide) groups is 1. The maximum Gasteiger partial charge on any atom is 0.231 e. The van der Waals surface area contributed by atoms with Gasteiger partial charge in [-0.1, -0.05) is 41.6 Å². The highest BCUT2D eigenvalue weighted by atomic mass is 35.5. The van der Waals surface area contributed by atoms with Crippen LogP contribution in [0.15, 0.2) is 59.8 Å². The third-order valence-corrected chi connectivity index (χ3v) is 4.63. The molecule has 0 unspecified atom stereocenters. The van der Waals surface area contributed by atoms with Crippen molar-refractivity contribution < 1.29 is 4.79 Å². The smallest absolute Gasteiger partial charge is 0.231 e. The van der Waals surface area contributed by atoms with Gasteiger partial charge in [0, 0.05) is 16.3 Å². The van der Waals surface area contributed by atoms with Crippen LogP contribution in [0.2, 0.25) is 5.02 Å². The summed E-state index contributed by atoms with van der Waals surface area (Å²) in [6.45, 7) is -0.0131. The second-order valence-electron chi connectivity index (χ2n) is 5.21. The molecule has 0 bridgehead atoms. The first kappa shape index (κ1) is 18.0. The Bertz CT molecular complexity index is 934.